The number of benzene rings is 2. The van der Waals surface area contributed by atoms with Crippen molar-refractivity contribution >= 4 is 12.0 Å². The lowest BCUT2D eigenvalue weighted by Crippen LogP contribution is -2.41. The van der Waals surface area contributed by atoms with E-state index in [1.165, 1.54) is 0 Å². The van der Waals surface area contributed by atoms with Crippen molar-refractivity contribution in [2.45, 2.75) is 51.9 Å². The van der Waals surface area contributed by atoms with Crippen LogP contribution in [-0.4, -0.2) is 58.7 Å². The minimum Gasteiger partial charge on any atom is -0.508 e. The van der Waals surface area contributed by atoms with Crippen LogP contribution in [0.3, 0.4) is 0 Å². The topological polar surface area (TPSA) is 79.3 Å². The van der Waals surface area contributed by atoms with Gasteiger partial charge in [-0.25, -0.2) is 4.79 Å². The highest BCUT2D eigenvalue weighted by Crippen LogP contribution is 2.26. The summed E-state index contributed by atoms with van der Waals surface area (Å²) in [6.45, 7) is 6.86. The highest BCUT2D eigenvalue weighted by atomic mass is 16.6. The smallest absolute Gasteiger partial charge is 0.410 e. The zero-order valence-corrected chi connectivity index (χ0v) is 19.2. The summed E-state index contributed by atoms with van der Waals surface area (Å²) in [4.78, 5) is 28.6. The molecule has 1 atom stereocenters. The zero-order valence-electron chi connectivity index (χ0n) is 19.2. The predicted molar refractivity (Wildman–Crippen MR) is 122 cm³/mol. The number of carbonyl (C=O) groups excluding carboxylic acids is 2. The minimum atomic E-state index is -0.553. The lowest BCUT2D eigenvalue weighted by atomic mass is 10.1. The number of phenolic OH excluding ortho intramolecular Hbond substituents is 1. The van der Waals surface area contributed by atoms with Crippen LogP contribution < -0.4 is 4.74 Å². The van der Waals surface area contributed by atoms with E-state index in [2.05, 4.69) is 0 Å². The number of likely N-dealkylation sites (N-methyl/N-ethyl adjacent to an activating group) is 1. The second kappa shape index (κ2) is 9.94. The monoisotopic (exact) mass is 440 g/mol. The van der Waals surface area contributed by atoms with Crippen LogP contribution in [0.2, 0.25) is 0 Å². The maximum atomic E-state index is 13.0. The lowest BCUT2D eigenvalue weighted by molar-refractivity contribution is -0.131. The Morgan fingerprint density at radius 2 is 1.88 bits per heavy atom. The van der Waals surface area contributed by atoms with Gasteiger partial charge in [-0.1, -0.05) is 30.3 Å². The highest BCUT2D eigenvalue weighted by molar-refractivity contribution is 5.80. The van der Waals surface area contributed by atoms with Crippen molar-refractivity contribution in [2.24, 2.45) is 0 Å². The molecule has 7 heteroatoms. The molecule has 3 rings (SSSR count). The maximum Gasteiger partial charge on any atom is 0.410 e. The van der Waals surface area contributed by atoms with Gasteiger partial charge in [0, 0.05) is 25.7 Å². The molecule has 0 aromatic heterocycles. The molecular formula is C25H32N2O5. The van der Waals surface area contributed by atoms with Crippen molar-refractivity contribution < 1.29 is 24.2 Å². The Labute approximate surface area is 189 Å². The first kappa shape index (κ1) is 23.4. The predicted octanol–water partition coefficient (Wildman–Crippen LogP) is 3.98. The van der Waals surface area contributed by atoms with Gasteiger partial charge in [0.2, 0.25) is 5.91 Å². The van der Waals surface area contributed by atoms with Gasteiger partial charge >= 0.3 is 6.09 Å². The Morgan fingerprint density at radius 3 is 2.56 bits per heavy atom. The van der Waals surface area contributed by atoms with Crippen molar-refractivity contribution in [2.75, 3.05) is 20.1 Å². The van der Waals surface area contributed by atoms with Crippen molar-refractivity contribution in [3.63, 3.8) is 0 Å². The Kier molecular flexibility index (Phi) is 7.28. The molecule has 7 nitrogen and oxygen atoms in total. The summed E-state index contributed by atoms with van der Waals surface area (Å²) < 4.78 is 11.4. The average molecular weight is 441 g/mol. The van der Waals surface area contributed by atoms with Gasteiger partial charge in [0.05, 0.1) is 12.5 Å². The van der Waals surface area contributed by atoms with E-state index in [1.54, 1.807) is 35.0 Å². The fourth-order valence-electron chi connectivity index (χ4n) is 3.62. The molecule has 1 heterocycles. The second-order valence-corrected chi connectivity index (χ2v) is 9.12. The molecule has 1 aliphatic rings. The van der Waals surface area contributed by atoms with Crippen LogP contribution in [0, 0.1) is 0 Å². The number of carbonyl (C=O) groups is 2. The number of hydrogen-bond acceptors (Lipinski definition) is 5. The molecule has 172 valence electrons. The van der Waals surface area contributed by atoms with E-state index in [9.17, 15) is 14.7 Å². The van der Waals surface area contributed by atoms with Crippen molar-refractivity contribution in [1.29, 1.82) is 0 Å². The van der Waals surface area contributed by atoms with Gasteiger partial charge in [-0.05, 0) is 51.0 Å². The second-order valence-electron chi connectivity index (χ2n) is 9.12. The summed E-state index contributed by atoms with van der Waals surface area (Å²) in [5.74, 6) is 0.547. The van der Waals surface area contributed by atoms with Crippen LogP contribution in [0.1, 0.15) is 38.3 Å². The van der Waals surface area contributed by atoms with Crippen LogP contribution >= 0.6 is 0 Å². The SMILES string of the molecule is CN(C(=O)Cc1cc(O)ccc1OCc1ccccc1)[C@@H]1CCN(C(=O)OC(C)(C)C)C1. The summed E-state index contributed by atoms with van der Waals surface area (Å²) in [5.41, 5.74) is 1.09. The number of rotatable bonds is 6. The standard InChI is InChI=1S/C25H32N2O5/c1-25(2,3)32-24(30)27-13-12-20(16-27)26(4)23(29)15-19-14-21(28)10-11-22(19)31-17-18-8-6-5-7-9-18/h5-11,14,20,28H,12-13,15-17H2,1-4H3/t20-/m1/s1. The fourth-order valence-corrected chi connectivity index (χ4v) is 3.62. The van der Waals surface area contributed by atoms with Crippen LogP contribution in [0.5, 0.6) is 11.5 Å². The Hall–Kier alpha value is -3.22. The van der Waals surface area contributed by atoms with Crippen molar-refractivity contribution in [3.8, 4) is 11.5 Å². The third kappa shape index (κ3) is 6.39. The van der Waals surface area contributed by atoms with Gasteiger partial charge < -0.3 is 24.4 Å². The molecule has 0 bridgehead atoms. The normalized spacial score (nSPS) is 16.0. The Balaban J connectivity index is 1.61. The molecule has 32 heavy (non-hydrogen) atoms. The first-order chi connectivity index (χ1) is 15.1. The third-order valence-corrected chi connectivity index (χ3v) is 5.38. The highest BCUT2D eigenvalue weighted by Gasteiger charge is 2.33. The van der Waals surface area contributed by atoms with Gasteiger partial charge in [0.1, 0.15) is 23.7 Å². The van der Waals surface area contributed by atoms with Gasteiger partial charge in [-0.15, -0.1) is 0 Å². The van der Waals surface area contributed by atoms with E-state index >= 15 is 0 Å². The molecule has 2 amide bonds. The Morgan fingerprint density at radius 1 is 1.16 bits per heavy atom. The van der Waals surface area contributed by atoms with E-state index in [0.717, 1.165) is 5.56 Å². The van der Waals surface area contributed by atoms with Crippen LogP contribution in [0.15, 0.2) is 48.5 Å². The lowest BCUT2D eigenvalue weighted by Gasteiger charge is -2.27. The summed E-state index contributed by atoms with van der Waals surface area (Å²) in [7, 11) is 1.75. The molecule has 1 aliphatic heterocycles. The molecule has 0 saturated carbocycles. The molecular weight excluding hydrogens is 408 g/mol. The first-order valence-electron chi connectivity index (χ1n) is 10.8. The quantitative estimate of drug-likeness (QED) is 0.735. The fraction of sp³-hybridized carbons (Fsp3) is 0.440. The largest absolute Gasteiger partial charge is 0.508 e. The number of ether oxygens (including phenoxy) is 2. The Bertz CT molecular complexity index is 939. The first-order valence-corrected chi connectivity index (χ1v) is 10.8. The molecule has 0 spiro atoms. The summed E-state index contributed by atoms with van der Waals surface area (Å²) in [6.07, 6.45) is 0.432. The van der Waals surface area contributed by atoms with Crippen LogP contribution in [0.4, 0.5) is 4.79 Å². The molecule has 0 unspecified atom stereocenters. The molecule has 2 aromatic rings. The maximum absolute atomic E-state index is 13.0. The number of phenols is 1. The van der Waals surface area contributed by atoms with E-state index < -0.39 is 5.60 Å². The van der Waals surface area contributed by atoms with E-state index in [4.69, 9.17) is 9.47 Å². The van der Waals surface area contributed by atoms with E-state index in [0.29, 0.717) is 37.4 Å². The number of nitrogens with zero attached hydrogens (tertiary/aromatic N) is 2. The number of hydrogen-bond donors (Lipinski definition) is 1. The van der Waals surface area contributed by atoms with Gasteiger partial charge in [0.15, 0.2) is 0 Å². The number of likely N-dealkylation sites (tertiary alicyclic amines) is 1. The molecule has 0 aliphatic carbocycles. The summed E-state index contributed by atoms with van der Waals surface area (Å²) in [6, 6.07) is 14.5. The zero-order chi connectivity index (χ0) is 23.3. The molecule has 2 aromatic carbocycles. The molecule has 1 N–H and O–H groups in total. The molecule has 1 fully saturated rings. The van der Waals surface area contributed by atoms with Gasteiger partial charge in [-0.3, -0.25) is 4.79 Å². The third-order valence-electron chi connectivity index (χ3n) is 5.38. The van der Waals surface area contributed by atoms with Crippen molar-refractivity contribution in [1.82, 2.24) is 9.80 Å². The minimum absolute atomic E-state index is 0.0824. The van der Waals surface area contributed by atoms with Crippen LogP contribution in [0.25, 0.3) is 0 Å². The van der Waals surface area contributed by atoms with Gasteiger partial charge in [0.25, 0.3) is 0 Å². The molecule has 1 saturated heterocycles. The van der Waals surface area contributed by atoms with Crippen LogP contribution in [-0.2, 0) is 22.6 Å². The summed E-state index contributed by atoms with van der Waals surface area (Å²) in [5, 5.41) is 9.94. The summed E-state index contributed by atoms with van der Waals surface area (Å²) >= 11 is 0. The van der Waals surface area contributed by atoms with E-state index in [1.807, 2.05) is 51.1 Å². The molecule has 0 radical (unpaired) electrons. The number of amides is 2. The van der Waals surface area contributed by atoms with Gasteiger partial charge in [-0.2, -0.15) is 0 Å². The average Bonchev–Trinajstić information content (AvgIpc) is 3.22. The number of aromatic hydroxyl groups is 1. The van der Waals surface area contributed by atoms with Crippen molar-refractivity contribution in [3.05, 3.63) is 59.7 Å². The van der Waals surface area contributed by atoms with E-state index in [-0.39, 0.29) is 30.2 Å².